The van der Waals surface area contributed by atoms with Gasteiger partial charge in [-0.25, -0.2) is 4.79 Å². The number of benzene rings is 3. The third-order valence-electron chi connectivity index (χ3n) is 4.96. The third kappa shape index (κ3) is 3.65. The number of nitro groups is 1. The minimum Gasteiger partial charge on any atom is -0.465 e. The number of rotatable bonds is 5. The predicted molar refractivity (Wildman–Crippen MR) is 116 cm³/mol. The number of methoxy groups -OCH3 is 1. The number of hydrogen-bond acceptors (Lipinski definition) is 4. The zero-order valence-electron chi connectivity index (χ0n) is 16.0. The summed E-state index contributed by atoms with van der Waals surface area (Å²) < 4.78 is 6.67. The van der Waals surface area contributed by atoms with Crippen LogP contribution in [-0.2, 0) is 11.2 Å². The number of nitrogens with zero attached hydrogens (tertiary/aromatic N) is 2. The molecule has 0 saturated heterocycles. The van der Waals surface area contributed by atoms with Crippen molar-refractivity contribution in [3.8, 4) is 5.69 Å². The van der Waals surface area contributed by atoms with Gasteiger partial charge in [-0.2, -0.15) is 0 Å². The van der Waals surface area contributed by atoms with E-state index in [1.807, 2.05) is 36.5 Å². The highest BCUT2D eigenvalue weighted by molar-refractivity contribution is 6.31. The quantitative estimate of drug-likeness (QED) is 0.240. The maximum absolute atomic E-state index is 12.1. The zero-order valence-corrected chi connectivity index (χ0v) is 16.8. The maximum Gasteiger partial charge on any atom is 0.338 e. The van der Waals surface area contributed by atoms with Gasteiger partial charge in [-0.15, -0.1) is 0 Å². The van der Waals surface area contributed by atoms with Crippen LogP contribution in [0.1, 0.15) is 21.5 Å². The van der Waals surface area contributed by atoms with E-state index < -0.39 is 5.97 Å². The van der Waals surface area contributed by atoms with Crippen LogP contribution in [0.15, 0.2) is 72.9 Å². The molecule has 4 rings (SSSR count). The fourth-order valence-electron chi connectivity index (χ4n) is 3.56. The molecule has 1 aromatic heterocycles. The van der Waals surface area contributed by atoms with Gasteiger partial charge in [-0.1, -0.05) is 35.9 Å². The number of ether oxygens (including phenoxy) is 1. The lowest BCUT2D eigenvalue weighted by Crippen LogP contribution is -2.06. The van der Waals surface area contributed by atoms with Crippen molar-refractivity contribution < 1.29 is 14.5 Å². The number of carbonyl (C=O) groups is 1. The number of fused-ring (bicyclic) bond motifs is 1. The van der Waals surface area contributed by atoms with Crippen molar-refractivity contribution in [1.82, 2.24) is 4.57 Å². The Morgan fingerprint density at radius 1 is 1.10 bits per heavy atom. The van der Waals surface area contributed by atoms with Gasteiger partial charge in [0.05, 0.1) is 23.1 Å². The van der Waals surface area contributed by atoms with E-state index >= 15 is 0 Å². The fourth-order valence-corrected chi connectivity index (χ4v) is 3.73. The SMILES string of the molecule is COC(=O)c1cc(Cl)ccc1Cc1ccc2c(ccn2-c2ccccc2[N+](=O)[O-])c1. The molecule has 0 amide bonds. The smallest absolute Gasteiger partial charge is 0.338 e. The molecule has 0 atom stereocenters. The molecule has 0 spiro atoms. The summed E-state index contributed by atoms with van der Waals surface area (Å²) >= 11 is 6.04. The molecule has 0 aliphatic heterocycles. The van der Waals surface area contributed by atoms with Crippen molar-refractivity contribution in [2.75, 3.05) is 7.11 Å². The van der Waals surface area contributed by atoms with Crippen LogP contribution in [0.5, 0.6) is 0 Å². The van der Waals surface area contributed by atoms with Gasteiger partial charge in [0.1, 0.15) is 5.69 Å². The Labute approximate surface area is 177 Å². The van der Waals surface area contributed by atoms with Gasteiger partial charge in [-0.3, -0.25) is 10.1 Å². The lowest BCUT2D eigenvalue weighted by Gasteiger charge is -2.10. The minimum atomic E-state index is -0.434. The van der Waals surface area contributed by atoms with Crippen LogP contribution in [0.25, 0.3) is 16.6 Å². The van der Waals surface area contributed by atoms with E-state index in [9.17, 15) is 14.9 Å². The second-order valence-corrected chi connectivity index (χ2v) is 7.23. The van der Waals surface area contributed by atoms with E-state index in [2.05, 4.69) is 0 Å². The Morgan fingerprint density at radius 2 is 1.90 bits per heavy atom. The van der Waals surface area contributed by atoms with E-state index in [0.717, 1.165) is 22.0 Å². The van der Waals surface area contributed by atoms with E-state index in [0.29, 0.717) is 22.7 Å². The lowest BCUT2D eigenvalue weighted by molar-refractivity contribution is -0.384. The summed E-state index contributed by atoms with van der Waals surface area (Å²) in [6.45, 7) is 0. The fraction of sp³-hybridized carbons (Fsp3) is 0.0870. The maximum atomic E-state index is 12.1. The number of nitro benzene ring substituents is 1. The summed E-state index contributed by atoms with van der Waals surface area (Å²) in [7, 11) is 1.34. The molecule has 0 aliphatic carbocycles. The highest BCUT2D eigenvalue weighted by atomic mass is 35.5. The first-order valence-electron chi connectivity index (χ1n) is 9.18. The van der Waals surface area contributed by atoms with Crippen LogP contribution in [0.4, 0.5) is 5.69 Å². The molecule has 0 aliphatic rings. The van der Waals surface area contributed by atoms with Gasteiger partial charge in [-0.05, 0) is 53.9 Å². The molecule has 0 N–H and O–H groups in total. The lowest BCUT2D eigenvalue weighted by atomic mass is 9.99. The number of carbonyl (C=O) groups excluding carboxylic acids is 1. The molecular weight excluding hydrogens is 404 g/mol. The average Bonchev–Trinajstić information content (AvgIpc) is 3.17. The molecule has 0 saturated carbocycles. The monoisotopic (exact) mass is 420 g/mol. The number of hydrogen-bond donors (Lipinski definition) is 0. The average molecular weight is 421 g/mol. The van der Waals surface area contributed by atoms with Gasteiger partial charge in [0.25, 0.3) is 5.69 Å². The molecule has 6 nitrogen and oxygen atoms in total. The van der Waals surface area contributed by atoms with Crippen molar-refractivity contribution in [1.29, 1.82) is 0 Å². The molecular formula is C23H17ClN2O4. The Hall–Kier alpha value is -3.64. The van der Waals surface area contributed by atoms with E-state index in [-0.39, 0.29) is 10.6 Å². The van der Waals surface area contributed by atoms with Gasteiger partial charge in [0.2, 0.25) is 0 Å². The molecule has 4 aromatic rings. The molecule has 30 heavy (non-hydrogen) atoms. The summed E-state index contributed by atoms with van der Waals surface area (Å²) in [6, 6.07) is 19.6. The van der Waals surface area contributed by atoms with Crippen molar-refractivity contribution in [2.45, 2.75) is 6.42 Å². The molecule has 1 heterocycles. The number of esters is 1. The standard InChI is InChI=1S/C23H17ClN2O4/c1-30-23(27)19-14-18(24)8-7-16(19)12-15-6-9-20-17(13-15)10-11-25(20)21-4-2-3-5-22(21)26(28)29/h2-11,13-14H,12H2,1H3. The first kappa shape index (κ1) is 19.7. The summed E-state index contributed by atoms with van der Waals surface area (Å²) in [5.41, 5.74) is 3.65. The van der Waals surface area contributed by atoms with Gasteiger partial charge >= 0.3 is 5.97 Å². The topological polar surface area (TPSA) is 74.4 Å². The van der Waals surface area contributed by atoms with E-state index in [1.165, 1.54) is 13.2 Å². The van der Waals surface area contributed by atoms with Gasteiger partial charge in [0.15, 0.2) is 0 Å². The Kier molecular flexibility index (Phi) is 5.25. The second kappa shape index (κ2) is 8.00. The summed E-state index contributed by atoms with van der Waals surface area (Å²) in [6.07, 6.45) is 2.34. The van der Waals surface area contributed by atoms with Crippen molar-refractivity contribution >= 4 is 34.2 Å². The largest absolute Gasteiger partial charge is 0.465 e. The molecule has 0 unspecified atom stereocenters. The second-order valence-electron chi connectivity index (χ2n) is 6.79. The molecule has 0 bridgehead atoms. The van der Waals surface area contributed by atoms with Crippen LogP contribution in [-0.4, -0.2) is 22.6 Å². The number of halogens is 1. The Bertz CT molecular complexity index is 1280. The first-order chi connectivity index (χ1) is 14.5. The Morgan fingerprint density at radius 3 is 2.67 bits per heavy atom. The Balaban J connectivity index is 1.73. The van der Waals surface area contributed by atoms with Crippen LogP contribution >= 0.6 is 11.6 Å². The highest BCUT2D eigenvalue weighted by Gasteiger charge is 2.17. The minimum absolute atomic E-state index is 0.0444. The van der Waals surface area contributed by atoms with Gasteiger partial charge in [0, 0.05) is 22.7 Å². The first-order valence-corrected chi connectivity index (χ1v) is 9.56. The van der Waals surface area contributed by atoms with Crippen LogP contribution in [0.2, 0.25) is 5.02 Å². The van der Waals surface area contributed by atoms with Crippen molar-refractivity contribution in [2.24, 2.45) is 0 Å². The summed E-state index contributed by atoms with van der Waals surface area (Å²) in [4.78, 5) is 23.1. The normalized spacial score (nSPS) is 10.9. The predicted octanol–water partition coefficient (Wildman–Crippen LogP) is 5.57. The van der Waals surface area contributed by atoms with E-state index in [4.69, 9.17) is 16.3 Å². The van der Waals surface area contributed by atoms with Crippen LogP contribution < -0.4 is 0 Å². The molecule has 0 radical (unpaired) electrons. The van der Waals surface area contributed by atoms with E-state index in [1.54, 1.807) is 34.9 Å². The van der Waals surface area contributed by atoms with Crippen LogP contribution in [0, 0.1) is 10.1 Å². The molecule has 0 fully saturated rings. The molecule has 150 valence electrons. The zero-order chi connectivity index (χ0) is 21.3. The summed E-state index contributed by atoms with van der Waals surface area (Å²) in [5.74, 6) is -0.434. The number of aromatic nitrogens is 1. The summed E-state index contributed by atoms with van der Waals surface area (Å²) in [5, 5.41) is 12.8. The molecule has 7 heteroatoms. The van der Waals surface area contributed by atoms with Crippen molar-refractivity contribution in [3.05, 3.63) is 105 Å². The number of para-hydroxylation sites is 2. The molecule has 3 aromatic carbocycles. The van der Waals surface area contributed by atoms with Crippen LogP contribution in [0.3, 0.4) is 0 Å². The highest BCUT2D eigenvalue weighted by Crippen LogP contribution is 2.29. The third-order valence-corrected chi connectivity index (χ3v) is 5.20. The van der Waals surface area contributed by atoms with Gasteiger partial charge < -0.3 is 9.30 Å². The van der Waals surface area contributed by atoms with Crippen molar-refractivity contribution in [3.63, 3.8) is 0 Å².